The first-order valence-electron chi connectivity index (χ1n) is 6.38. The van der Waals surface area contributed by atoms with Crippen LogP contribution in [-0.2, 0) is 0 Å². The van der Waals surface area contributed by atoms with Crippen molar-refractivity contribution in [3.63, 3.8) is 0 Å². The maximum Gasteiger partial charge on any atom is 0.213 e. The van der Waals surface area contributed by atoms with Gasteiger partial charge in [-0.3, -0.25) is 0 Å². The summed E-state index contributed by atoms with van der Waals surface area (Å²) < 4.78 is 5.84. The highest BCUT2D eigenvalue weighted by molar-refractivity contribution is 5.20. The third-order valence-electron chi connectivity index (χ3n) is 3.28. The van der Waals surface area contributed by atoms with E-state index in [4.69, 9.17) is 16.2 Å². The lowest BCUT2D eigenvalue weighted by atomic mass is 9.98. The molecular weight excluding hydrogens is 214 g/mol. The van der Waals surface area contributed by atoms with E-state index < -0.39 is 0 Å². The van der Waals surface area contributed by atoms with Crippen LogP contribution in [0.5, 0.6) is 5.88 Å². The summed E-state index contributed by atoms with van der Waals surface area (Å²) >= 11 is 0. The minimum atomic E-state index is -0.133. The third-order valence-corrected chi connectivity index (χ3v) is 3.28. The number of hydrogen-bond acceptors (Lipinski definition) is 4. The molecule has 4 N–H and O–H groups in total. The lowest BCUT2D eigenvalue weighted by Crippen LogP contribution is -2.22. The molecule has 0 bridgehead atoms. The Balaban J connectivity index is 1.93. The molecule has 4 heteroatoms. The molecule has 0 spiro atoms. The van der Waals surface area contributed by atoms with Crippen molar-refractivity contribution in [3.05, 3.63) is 23.9 Å². The molecule has 0 saturated heterocycles. The van der Waals surface area contributed by atoms with Gasteiger partial charge in [-0.1, -0.05) is 12.5 Å². The van der Waals surface area contributed by atoms with Crippen molar-refractivity contribution < 1.29 is 4.74 Å². The minimum absolute atomic E-state index is 0.133. The molecular formula is C13H21N3O. The average Bonchev–Trinajstić information content (AvgIpc) is 2.40. The molecule has 1 heterocycles. The number of nitrogens with zero attached hydrogens (tertiary/aromatic N) is 1. The van der Waals surface area contributed by atoms with Crippen LogP contribution < -0.4 is 16.2 Å². The molecule has 0 aromatic carbocycles. The van der Waals surface area contributed by atoms with Crippen molar-refractivity contribution in [2.75, 3.05) is 6.54 Å². The topological polar surface area (TPSA) is 74.2 Å². The Morgan fingerprint density at radius 2 is 2.06 bits per heavy atom. The van der Waals surface area contributed by atoms with Crippen molar-refractivity contribution in [2.24, 2.45) is 11.5 Å². The molecule has 0 aliphatic heterocycles. The van der Waals surface area contributed by atoms with E-state index >= 15 is 0 Å². The summed E-state index contributed by atoms with van der Waals surface area (Å²) in [4.78, 5) is 4.28. The summed E-state index contributed by atoms with van der Waals surface area (Å²) in [6.45, 7) is 0.435. The van der Waals surface area contributed by atoms with Crippen LogP contribution >= 0.6 is 0 Å². The Morgan fingerprint density at radius 1 is 1.29 bits per heavy atom. The molecule has 94 valence electrons. The molecule has 1 atom stereocenters. The summed E-state index contributed by atoms with van der Waals surface area (Å²) in [6.07, 6.45) is 8.25. The average molecular weight is 235 g/mol. The molecule has 1 unspecified atom stereocenters. The Bertz CT molecular complexity index is 333. The van der Waals surface area contributed by atoms with Gasteiger partial charge in [-0.05, 0) is 31.2 Å². The SMILES string of the molecule is NCC(N)c1ccc(OC2CCCCC2)nc1. The zero-order valence-electron chi connectivity index (χ0n) is 10.1. The van der Waals surface area contributed by atoms with Gasteiger partial charge in [-0.25, -0.2) is 4.98 Å². The highest BCUT2D eigenvalue weighted by Gasteiger charge is 2.15. The van der Waals surface area contributed by atoms with Crippen molar-refractivity contribution in [3.8, 4) is 5.88 Å². The van der Waals surface area contributed by atoms with E-state index in [0.717, 1.165) is 18.4 Å². The van der Waals surface area contributed by atoms with E-state index in [9.17, 15) is 0 Å². The number of hydrogen-bond donors (Lipinski definition) is 2. The number of aromatic nitrogens is 1. The van der Waals surface area contributed by atoms with Gasteiger partial charge in [0.15, 0.2) is 0 Å². The fraction of sp³-hybridized carbons (Fsp3) is 0.615. The van der Waals surface area contributed by atoms with E-state index in [0.29, 0.717) is 18.5 Å². The predicted octanol–water partition coefficient (Wildman–Crippen LogP) is 1.75. The van der Waals surface area contributed by atoms with Gasteiger partial charge in [-0.15, -0.1) is 0 Å². The van der Waals surface area contributed by atoms with Crippen LogP contribution in [-0.4, -0.2) is 17.6 Å². The Labute approximate surface area is 102 Å². The monoisotopic (exact) mass is 235 g/mol. The molecule has 0 radical (unpaired) electrons. The smallest absolute Gasteiger partial charge is 0.213 e. The Kier molecular flexibility index (Phi) is 4.34. The number of ether oxygens (including phenoxy) is 1. The predicted molar refractivity (Wildman–Crippen MR) is 67.7 cm³/mol. The zero-order valence-corrected chi connectivity index (χ0v) is 10.1. The van der Waals surface area contributed by atoms with Crippen LogP contribution in [0.4, 0.5) is 0 Å². The molecule has 4 nitrogen and oxygen atoms in total. The first-order valence-corrected chi connectivity index (χ1v) is 6.38. The number of rotatable bonds is 4. The van der Waals surface area contributed by atoms with Gasteiger partial charge in [0, 0.05) is 24.8 Å². The summed E-state index contributed by atoms with van der Waals surface area (Å²) in [5.74, 6) is 0.699. The maximum absolute atomic E-state index is 5.84. The quantitative estimate of drug-likeness (QED) is 0.833. The van der Waals surface area contributed by atoms with Crippen LogP contribution in [0.25, 0.3) is 0 Å². The second-order valence-electron chi connectivity index (χ2n) is 4.65. The lowest BCUT2D eigenvalue weighted by molar-refractivity contribution is 0.148. The van der Waals surface area contributed by atoms with E-state index in [1.807, 2.05) is 12.1 Å². The van der Waals surface area contributed by atoms with Gasteiger partial charge in [-0.2, -0.15) is 0 Å². The van der Waals surface area contributed by atoms with Crippen LogP contribution in [0.3, 0.4) is 0 Å². The molecule has 1 aromatic rings. The zero-order chi connectivity index (χ0) is 12.1. The lowest BCUT2D eigenvalue weighted by Gasteiger charge is -2.22. The molecule has 1 aliphatic carbocycles. The standard InChI is InChI=1S/C13H21N3O/c14-8-12(15)10-6-7-13(16-9-10)17-11-4-2-1-3-5-11/h6-7,9,11-12H,1-5,8,14-15H2. The molecule has 1 aliphatic rings. The highest BCUT2D eigenvalue weighted by atomic mass is 16.5. The van der Waals surface area contributed by atoms with Gasteiger partial charge >= 0.3 is 0 Å². The number of nitrogens with two attached hydrogens (primary N) is 2. The molecule has 2 rings (SSSR count). The molecule has 1 aromatic heterocycles. The summed E-state index contributed by atoms with van der Waals surface area (Å²) in [7, 11) is 0. The van der Waals surface area contributed by atoms with Gasteiger partial charge < -0.3 is 16.2 Å². The summed E-state index contributed by atoms with van der Waals surface area (Å²) in [6, 6.07) is 3.70. The molecule has 17 heavy (non-hydrogen) atoms. The van der Waals surface area contributed by atoms with E-state index in [1.54, 1.807) is 6.20 Å². The maximum atomic E-state index is 5.84. The first-order chi connectivity index (χ1) is 8.29. The summed E-state index contributed by atoms with van der Waals surface area (Å²) in [5, 5.41) is 0. The fourth-order valence-corrected chi connectivity index (χ4v) is 2.17. The van der Waals surface area contributed by atoms with Crippen LogP contribution in [0.2, 0.25) is 0 Å². The van der Waals surface area contributed by atoms with Crippen molar-refractivity contribution in [1.29, 1.82) is 0 Å². The van der Waals surface area contributed by atoms with Crippen LogP contribution in [0.1, 0.15) is 43.7 Å². The van der Waals surface area contributed by atoms with Crippen LogP contribution in [0.15, 0.2) is 18.3 Å². The largest absolute Gasteiger partial charge is 0.474 e. The van der Waals surface area contributed by atoms with E-state index in [-0.39, 0.29) is 6.04 Å². The Morgan fingerprint density at radius 3 is 2.65 bits per heavy atom. The first kappa shape index (κ1) is 12.3. The molecule has 0 amide bonds. The van der Waals surface area contributed by atoms with Crippen molar-refractivity contribution in [2.45, 2.75) is 44.2 Å². The van der Waals surface area contributed by atoms with Crippen molar-refractivity contribution in [1.82, 2.24) is 4.98 Å². The normalized spacial score (nSPS) is 18.9. The molecule has 1 fully saturated rings. The van der Waals surface area contributed by atoms with Gasteiger partial charge in [0.25, 0.3) is 0 Å². The fourth-order valence-electron chi connectivity index (χ4n) is 2.17. The van der Waals surface area contributed by atoms with E-state index in [2.05, 4.69) is 4.98 Å². The highest BCUT2D eigenvalue weighted by Crippen LogP contribution is 2.22. The van der Waals surface area contributed by atoms with Gasteiger partial charge in [0.2, 0.25) is 5.88 Å². The molecule has 1 saturated carbocycles. The van der Waals surface area contributed by atoms with Crippen LogP contribution in [0, 0.1) is 0 Å². The second-order valence-corrected chi connectivity index (χ2v) is 4.65. The van der Waals surface area contributed by atoms with Gasteiger partial charge in [0.05, 0.1) is 0 Å². The third kappa shape index (κ3) is 3.41. The Hall–Kier alpha value is -1.13. The van der Waals surface area contributed by atoms with Gasteiger partial charge in [0.1, 0.15) is 6.10 Å². The summed E-state index contributed by atoms with van der Waals surface area (Å²) in [5.41, 5.74) is 12.3. The second kappa shape index (κ2) is 5.98. The van der Waals surface area contributed by atoms with E-state index in [1.165, 1.54) is 19.3 Å². The number of pyridine rings is 1. The van der Waals surface area contributed by atoms with Crippen molar-refractivity contribution >= 4 is 0 Å². The minimum Gasteiger partial charge on any atom is -0.474 e.